The number of hydrogen-bond acceptors (Lipinski definition) is 3. The Labute approximate surface area is 353 Å². The molecule has 6 aromatic carbocycles. The van der Waals surface area contributed by atoms with Crippen LogP contribution in [0.5, 0.6) is 0 Å². The molecule has 288 valence electrons. The molecule has 3 heteroatoms. The van der Waals surface area contributed by atoms with E-state index in [0.29, 0.717) is 17.5 Å². The third-order valence-electron chi connectivity index (χ3n) is 11.7. The van der Waals surface area contributed by atoms with Crippen molar-refractivity contribution in [1.29, 1.82) is 0 Å². The van der Waals surface area contributed by atoms with Gasteiger partial charge in [-0.15, -0.1) is 0 Å². The van der Waals surface area contributed by atoms with Crippen molar-refractivity contribution in [3.05, 3.63) is 223 Å². The van der Waals surface area contributed by atoms with E-state index in [-0.39, 0.29) is 0 Å². The van der Waals surface area contributed by atoms with Gasteiger partial charge >= 0.3 is 0 Å². The highest BCUT2D eigenvalue weighted by Crippen LogP contribution is 2.49. The van der Waals surface area contributed by atoms with Crippen molar-refractivity contribution in [2.24, 2.45) is 0 Å². The second-order valence-corrected chi connectivity index (χ2v) is 15.6. The minimum absolute atomic E-state index is 0.651. The van der Waals surface area contributed by atoms with Crippen LogP contribution in [0.4, 0.5) is 0 Å². The summed E-state index contributed by atoms with van der Waals surface area (Å²) in [6, 6.07) is 54.1. The molecule has 3 aliphatic carbocycles. The molecule has 60 heavy (non-hydrogen) atoms. The van der Waals surface area contributed by atoms with Gasteiger partial charge in [-0.2, -0.15) is 0 Å². The second kappa shape index (κ2) is 16.9. The fourth-order valence-electron chi connectivity index (χ4n) is 8.83. The maximum Gasteiger partial charge on any atom is 0.164 e. The molecule has 0 radical (unpaired) electrons. The zero-order valence-electron chi connectivity index (χ0n) is 33.6. The van der Waals surface area contributed by atoms with Gasteiger partial charge < -0.3 is 0 Å². The molecule has 10 rings (SSSR count). The first-order chi connectivity index (χ1) is 29.8. The van der Waals surface area contributed by atoms with Gasteiger partial charge in [-0.1, -0.05) is 188 Å². The molecule has 0 amide bonds. The molecular weight excluding hydrogens is 727 g/mol. The van der Waals surface area contributed by atoms with Crippen LogP contribution in [0.15, 0.2) is 200 Å². The molecule has 0 unspecified atom stereocenters. The number of rotatable bonds is 9. The van der Waals surface area contributed by atoms with E-state index in [9.17, 15) is 0 Å². The number of nitrogens with zero attached hydrogens (tertiary/aromatic N) is 3. The van der Waals surface area contributed by atoms with Crippen molar-refractivity contribution in [3.8, 4) is 56.2 Å². The number of aromatic nitrogens is 3. The third kappa shape index (κ3) is 7.47. The molecular formula is C57H45N3. The van der Waals surface area contributed by atoms with Crippen molar-refractivity contribution in [1.82, 2.24) is 15.0 Å². The van der Waals surface area contributed by atoms with Gasteiger partial charge in [0.1, 0.15) is 0 Å². The predicted octanol–water partition coefficient (Wildman–Crippen LogP) is 14.9. The van der Waals surface area contributed by atoms with Gasteiger partial charge in [-0.25, -0.2) is 15.0 Å². The lowest BCUT2D eigenvalue weighted by Gasteiger charge is -2.26. The molecule has 3 aliphatic rings. The Morgan fingerprint density at radius 3 is 1.45 bits per heavy atom. The molecule has 3 nitrogen and oxygen atoms in total. The minimum Gasteiger partial charge on any atom is -0.208 e. The van der Waals surface area contributed by atoms with E-state index in [1.807, 2.05) is 18.2 Å². The Morgan fingerprint density at radius 1 is 0.333 bits per heavy atom. The topological polar surface area (TPSA) is 38.7 Å². The first-order valence-corrected chi connectivity index (χ1v) is 21.2. The maximum absolute atomic E-state index is 5.31. The fourth-order valence-corrected chi connectivity index (χ4v) is 8.83. The summed E-state index contributed by atoms with van der Waals surface area (Å²) in [5, 5.41) is 0. The van der Waals surface area contributed by atoms with Gasteiger partial charge in [0.2, 0.25) is 0 Å². The Hall–Kier alpha value is -7.23. The highest BCUT2D eigenvalue weighted by Gasteiger charge is 2.26. The standard InChI is InChI=1S/C57H45N3/c1-7-22-40(23-8-1)48-36-19-20-37-49(48)57-59-55(45-32-17-6-18-33-45)58-56(60-57)47-35-21-34-46(38-47)51-39-50(41-24-9-2-10-25-41)52(42-26-11-3-12-27-42)54(44-30-15-5-16-31-44)53(51)43-28-13-4-14-29-43/h1,3-4,6-9,11-15,17-18,20-35,37-39H,2,5,10,16,19,36H2. The largest absolute Gasteiger partial charge is 0.208 e. The predicted molar refractivity (Wildman–Crippen MR) is 251 cm³/mol. The summed E-state index contributed by atoms with van der Waals surface area (Å²) in [5.74, 6) is 2.00. The fraction of sp³-hybridized carbons (Fsp3) is 0.105. The summed E-state index contributed by atoms with van der Waals surface area (Å²) in [7, 11) is 0. The van der Waals surface area contributed by atoms with Gasteiger partial charge in [-0.3, -0.25) is 0 Å². The van der Waals surface area contributed by atoms with Crippen LogP contribution in [0.1, 0.15) is 61.0 Å². The van der Waals surface area contributed by atoms with Crippen LogP contribution in [0.25, 0.3) is 78.4 Å². The quantitative estimate of drug-likeness (QED) is 0.147. The minimum atomic E-state index is 0.651. The van der Waals surface area contributed by atoms with Gasteiger partial charge in [0.15, 0.2) is 17.5 Å². The van der Waals surface area contributed by atoms with Crippen LogP contribution in [-0.2, 0) is 0 Å². The maximum atomic E-state index is 5.31. The SMILES string of the molecule is C1=CC(c2cc(-c3cccc(-c4nc(C5=C(c6ccccc6)CCC=C5)nc(-c5ccccc5)n4)c3)c(-c3ccccc3)c(C3=CCCC=C3)c2-c2ccccc2)=CCC1. The van der Waals surface area contributed by atoms with Crippen molar-refractivity contribution in [2.45, 2.75) is 38.5 Å². The molecule has 1 aromatic heterocycles. The van der Waals surface area contributed by atoms with Gasteiger partial charge in [0, 0.05) is 16.7 Å². The van der Waals surface area contributed by atoms with E-state index in [0.717, 1.165) is 60.8 Å². The lowest BCUT2D eigenvalue weighted by molar-refractivity contribution is 1.02. The molecule has 0 N–H and O–H groups in total. The smallest absolute Gasteiger partial charge is 0.164 e. The average molecular weight is 772 g/mol. The molecule has 0 saturated heterocycles. The van der Waals surface area contributed by atoms with Gasteiger partial charge in [0.05, 0.1) is 0 Å². The van der Waals surface area contributed by atoms with Gasteiger partial charge in [-0.05, 0) is 117 Å². The lowest BCUT2D eigenvalue weighted by atomic mass is 9.77. The Bertz CT molecular complexity index is 2880. The molecule has 7 aromatic rings. The first-order valence-electron chi connectivity index (χ1n) is 21.2. The zero-order valence-corrected chi connectivity index (χ0v) is 33.6. The normalized spacial score (nSPS) is 14.9. The van der Waals surface area contributed by atoms with Crippen LogP contribution >= 0.6 is 0 Å². The summed E-state index contributed by atoms with van der Waals surface area (Å²) >= 11 is 0. The number of hydrogen-bond donors (Lipinski definition) is 0. The van der Waals surface area contributed by atoms with E-state index in [1.54, 1.807) is 0 Å². The van der Waals surface area contributed by atoms with Gasteiger partial charge in [0.25, 0.3) is 0 Å². The Morgan fingerprint density at radius 2 is 0.833 bits per heavy atom. The molecule has 0 fully saturated rings. The van der Waals surface area contributed by atoms with E-state index in [2.05, 4.69) is 182 Å². The van der Waals surface area contributed by atoms with Crippen LogP contribution in [-0.4, -0.2) is 15.0 Å². The summed E-state index contributed by atoms with van der Waals surface area (Å²) in [4.78, 5) is 15.7. The highest BCUT2D eigenvalue weighted by molar-refractivity contribution is 6.05. The molecule has 0 saturated carbocycles. The highest BCUT2D eigenvalue weighted by atomic mass is 15.0. The number of benzene rings is 6. The van der Waals surface area contributed by atoms with Crippen molar-refractivity contribution < 1.29 is 0 Å². The molecule has 0 spiro atoms. The summed E-state index contributed by atoms with van der Waals surface area (Å²) < 4.78 is 0. The van der Waals surface area contributed by atoms with E-state index < -0.39 is 0 Å². The monoisotopic (exact) mass is 771 g/mol. The van der Waals surface area contributed by atoms with Crippen molar-refractivity contribution >= 4 is 22.3 Å². The van der Waals surface area contributed by atoms with E-state index in [4.69, 9.17) is 15.0 Å². The van der Waals surface area contributed by atoms with Crippen LogP contribution in [0.2, 0.25) is 0 Å². The first kappa shape index (κ1) is 37.1. The van der Waals surface area contributed by atoms with Crippen molar-refractivity contribution in [3.63, 3.8) is 0 Å². The van der Waals surface area contributed by atoms with Crippen LogP contribution < -0.4 is 0 Å². The average Bonchev–Trinajstić information content (AvgIpc) is 3.35. The van der Waals surface area contributed by atoms with Crippen LogP contribution in [0, 0.1) is 0 Å². The molecule has 0 aliphatic heterocycles. The molecule has 0 atom stereocenters. The zero-order chi connectivity index (χ0) is 40.1. The summed E-state index contributed by atoms with van der Waals surface area (Å²) in [6.45, 7) is 0. The van der Waals surface area contributed by atoms with Crippen LogP contribution in [0.3, 0.4) is 0 Å². The van der Waals surface area contributed by atoms with E-state index >= 15 is 0 Å². The Kier molecular flexibility index (Phi) is 10.5. The lowest BCUT2D eigenvalue weighted by Crippen LogP contribution is -2.05. The number of allylic oxidation sites excluding steroid dienone is 12. The van der Waals surface area contributed by atoms with E-state index in [1.165, 1.54) is 61.2 Å². The second-order valence-electron chi connectivity index (χ2n) is 15.6. The molecule has 1 heterocycles. The summed E-state index contributed by atoms with van der Waals surface area (Å²) in [5.41, 5.74) is 17.6. The Balaban J connectivity index is 1.23. The summed E-state index contributed by atoms with van der Waals surface area (Å²) in [6.07, 6.45) is 24.6. The third-order valence-corrected chi connectivity index (χ3v) is 11.7. The van der Waals surface area contributed by atoms with Crippen molar-refractivity contribution in [2.75, 3.05) is 0 Å². The molecule has 0 bridgehead atoms.